The van der Waals surface area contributed by atoms with Gasteiger partial charge in [0.05, 0.1) is 5.69 Å². The highest BCUT2D eigenvalue weighted by atomic mass is 32.2. The Hall–Kier alpha value is -1.19. The SMILES string of the molecule is CC/C=C\C(Sc1ccccc1N1CCNCC1)=C(\C)CC. The second-order valence-electron chi connectivity index (χ2n) is 5.62. The van der Waals surface area contributed by atoms with E-state index in [1.807, 2.05) is 11.8 Å². The molecule has 22 heavy (non-hydrogen) atoms. The first-order chi connectivity index (χ1) is 10.8. The number of anilines is 1. The molecule has 2 nitrogen and oxygen atoms in total. The second-order valence-corrected chi connectivity index (χ2v) is 6.70. The van der Waals surface area contributed by atoms with Gasteiger partial charge in [0.15, 0.2) is 0 Å². The minimum Gasteiger partial charge on any atom is -0.368 e. The van der Waals surface area contributed by atoms with E-state index in [-0.39, 0.29) is 0 Å². The summed E-state index contributed by atoms with van der Waals surface area (Å²) in [7, 11) is 0. The molecule has 1 aliphatic rings. The van der Waals surface area contributed by atoms with Gasteiger partial charge in [-0.15, -0.1) is 0 Å². The minimum absolute atomic E-state index is 1.07. The average Bonchev–Trinajstić information content (AvgIpc) is 2.59. The lowest BCUT2D eigenvalue weighted by Crippen LogP contribution is -2.43. The zero-order valence-electron chi connectivity index (χ0n) is 14.1. The van der Waals surface area contributed by atoms with Crippen LogP contribution in [0.4, 0.5) is 5.69 Å². The van der Waals surface area contributed by atoms with Crippen LogP contribution in [-0.2, 0) is 0 Å². The van der Waals surface area contributed by atoms with Gasteiger partial charge < -0.3 is 10.2 Å². The van der Waals surface area contributed by atoms with Crippen molar-refractivity contribution < 1.29 is 0 Å². The fourth-order valence-electron chi connectivity index (χ4n) is 2.49. The Balaban J connectivity index is 2.25. The third-order valence-electron chi connectivity index (χ3n) is 4.00. The molecule has 1 aromatic rings. The van der Waals surface area contributed by atoms with E-state index in [1.54, 1.807) is 0 Å². The Labute approximate surface area is 139 Å². The van der Waals surface area contributed by atoms with E-state index in [0.717, 1.165) is 39.0 Å². The molecule has 0 radical (unpaired) electrons. The van der Waals surface area contributed by atoms with Gasteiger partial charge in [0.25, 0.3) is 0 Å². The van der Waals surface area contributed by atoms with Crippen LogP contribution in [0.25, 0.3) is 0 Å². The van der Waals surface area contributed by atoms with E-state index < -0.39 is 0 Å². The molecule has 1 saturated heterocycles. The topological polar surface area (TPSA) is 15.3 Å². The molecule has 1 aromatic carbocycles. The molecule has 0 atom stereocenters. The maximum atomic E-state index is 3.43. The number of para-hydroxylation sites is 1. The van der Waals surface area contributed by atoms with Gasteiger partial charge in [0.2, 0.25) is 0 Å². The highest BCUT2D eigenvalue weighted by Gasteiger charge is 2.15. The summed E-state index contributed by atoms with van der Waals surface area (Å²) in [5.41, 5.74) is 2.84. The highest BCUT2D eigenvalue weighted by molar-refractivity contribution is 8.03. The fourth-order valence-corrected chi connectivity index (χ4v) is 3.66. The predicted molar refractivity (Wildman–Crippen MR) is 99.8 cm³/mol. The van der Waals surface area contributed by atoms with Gasteiger partial charge in [-0.3, -0.25) is 0 Å². The standard InChI is InChI=1S/C19H28N2S/c1-4-6-10-18(16(3)5-2)22-19-11-8-7-9-17(19)21-14-12-20-13-15-21/h6-11,20H,4-5,12-15H2,1-3H3/b10-6-,18-16+. The first-order valence-corrected chi connectivity index (χ1v) is 9.16. The molecule has 2 rings (SSSR count). The van der Waals surface area contributed by atoms with E-state index in [4.69, 9.17) is 0 Å². The third-order valence-corrected chi connectivity index (χ3v) is 5.27. The number of hydrogen-bond donors (Lipinski definition) is 1. The van der Waals surface area contributed by atoms with Gasteiger partial charge >= 0.3 is 0 Å². The van der Waals surface area contributed by atoms with Crippen molar-refractivity contribution >= 4 is 17.4 Å². The van der Waals surface area contributed by atoms with Crippen LogP contribution in [-0.4, -0.2) is 26.2 Å². The smallest absolute Gasteiger partial charge is 0.0508 e. The van der Waals surface area contributed by atoms with E-state index in [9.17, 15) is 0 Å². The van der Waals surface area contributed by atoms with Crippen molar-refractivity contribution in [3.63, 3.8) is 0 Å². The number of benzene rings is 1. The molecule has 0 bridgehead atoms. The molecule has 0 unspecified atom stereocenters. The van der Waals surface area contributed by atoms with Crippen LogP contribution in [0.5, 0.6) is 0 Å². The molecule has 0 amide bonds. The number of piperazine rings is 1. The van der Waals surface area contributed by atoms with Gasteiger partial charge in [-0.25, -0.2) is 0 Å². The Morgan fingerprint density at radius 3 is 2.64 bits per heavy atom. The van der Waals surface area contributed by atoms with Crippen LogP contribution in [0.1, 0.15) is 33.6 Å². The van der Waals surface area contributed by atoms with E-state index in [1.165, 1.54) is 21.1 Å². The van der Waals surface area contributed by atoms with Gasteiger partial charge in [0.1, 0.15) is 0 Å². The lowest BCUT2D eigenvalue weighted by molar-refractivity contribution is 0.587. The number of allylic oxidation sites excluding steroid dienone is 3. The van der Waals surface area contributed by atoms with Gasteiger partial charge in [-0.2, -0.15) is 0 Å². The lowest BCUT2D eigenvalue weighted by atomic mass is 10.2. The maximum Gasteiger partial charge on any atom is 0.0508 e. The summed E-state index contributed by atoms with van der Waals surface area (Å²) in [5, 5.41) is 3.43. The Morgan fingerprint density at radius 1 is 1.23 bits per heavy atom. The summed E-state index contributed by atoms with van der Waals surface area (Å²) >= 11 is 1.91. The van der Waals surface area contributed by atoms with E-state index >= 15 is 0 Å². The van der Waals surface area contributed by atoms with Crippen molar-refractivity contribution in [2.75, 3.05) is 31.1 Å². The molecule has 0 saturated carbocycles. The molecule has 1 aliphatic heterocycles. The zero-order chi connectivity index (χ0) is 15.8. The molecule has 1 N–H and O–H groups in total. The molecule has 1 fully saturated rings. The van der Waals surface area contributed by atoms with Crippen LogP contribution < -0.4 is 10.2 Å². The predicted octanol–water partition coefficient (Wildman–Crippen LogP) is 4.84. The Bertz CT molecular complexity index is 528. The maximum absolute atomic E-state index is 3.43. The summed E-state index contributed by atoms with van der Waals surface area (Å²) in [4.78, 5) is 5.27. The molecular formula is C19H28N2S. The highest BCUT2D eigenvalue weighted by Crippen LogP contribution is 2.37. The van der Waals surface area contributed by atoms with Gasteiger partial charge in [-0.1, -0.05) is 55.5 Å². The van der Waals surface area contributed by atoms with Crippen LogP contribution >= 0.6 is 11.8 Å². The number of rotatable bonds is 6. The lowest BCUT2D eigenvalue weighted by Gasteiger charge is -2.31. The average molecular weight is 317 g/mol. The van der Waals surface area contributed by atoms with Crippen LogP contribution in [0, 0.1) is 0 Å². The first-order valence-electron chi connectivity index (χ1n) is 8.35. The summed E-state index contributed by atoms with van der Waals surface area (Å²) < 4.78 is 0. The molecule has 0 spiro atoms. The summed E-state index contributed by atoms with van der Waals surface area (Å²) in [6.45, 7) is 11.0. The molecule has 0 aromatic heterocycles. The second kappa shape index (κ2) is 9.06. The number of nitrogens with one attached hydrogen (secondary N) is 1. The molecular weight excluding hydrogens is 288 g/mol. The molecule has 3 heteroatoms. The number of thioether (sulfide) groups is 1. The monoisotopic (exact) mass is 316 g/mol. The summed E-state index contributed by atoms with van der Waals surface area (Å²) in [6.07, 6.45) is 6.74. The third kappa shape index (κ3) is 4.65. The summed E-state index contributed by atoms with van der Waals surface area (Å²) in [6, 6.07) is 8.82. The van der Waals surface area contributed by atoms with E-state index in [2.05, 4.69) is 67.4 Å². The van der Waals surface area contributed by atoms with Crippen molar-refractivity contribution in [3.8, 4) is 0 Å². The van der Waals surface area contributed by atoms with Crippen molar-refractivity contribution in [3.05, 3.63) is 46.9 Å². The van der Waals surface area contributed by atoms with Crippen LogP contribution in [0.3, 0.4) is 0 Å². The van der Waals surface area contributed by atoms with Crippen molar-refractivity contribution in [2.24, 2.45) is 0 Å². The molecule has 1 heterocycles. The van der Waals surface area contributed by atoms with Crippen LogP contribution in [0.15, 0.2) is 51.8 Å². The summed E-state index contributed by atoms with van der Waals surface area (Å²) in [5.74, 6) is 0. The van der Waals surface area contributed by atoms with E-state index in [0.29, 0.717) is 0 Å². The molecule has 0 aliphatic carbocycles. The van der Waals surface area contributed by atoms with Crippen LogP contribution in [0.2, 0.25) is 0 Å². The quantitative estimate of drug-likeness (QED) is 0.597. The molecule has 120 valence electrons. The van der Waals surface area contributed by atoms with Gasteiger partial charge in [0, 0.05) is 36.0 Å². The number of nitrogens with zero attached hydrogens (tertiary/aromatic N) is 1. The first kappa shape index (κ1) is 17.2. The largest absolute Gasteiger partial charge is 0.368 e. The van der Waals surface area contributed by atoms with Crippen molar-refractivity contribution in [2.45, 2.75) is 38.5 Å². The van der Waals surface area contributed by atoms with Crippen molar-refractivity contribution in [1.82, 2.24) is 5.32 Å². The zero-order valence-corrected chi connectivity index (χ0v) is 14.9. The Morgan fingerprint density at radius 2 is 1.95 bits per heavy atom. The number of hydrogen-bond acceptors (Lipinski definition) is 3. The Kier molecular flexibility index (Phi) is 7.07. The van der Waals surface area contributed by atoms with Crippen molar-refractivity contribution in [1.29, 1.82) is 0 Å². The normalized spacial score (nSPS) is 17.0. The minimum atomic E-state index is 1.07. The van der Waals surface area contributed by atoms with Gasteiger partial charge in [-0.05, 0) is 31.9 Å². The fraction of sp³-hybridized carbons (Fsp3) is 0.474.